The van der Waals surface area contributed by atoms with E-state index in [-0.39, 0.29) is 24.4 Å². The van der Waals surface area contributed by atoms with Gasteiger partial charge in [0.15, 0.2) is 0 Å². The summed E-state index contributed by atoms with van der Waals surface area (Å²) in [6.45, 7) is 0.622. The van der Waals surface area contributed by atoms with Gasteiger partial charge in [0, 0.05) is 29.7 Å². The Morgan fingerprint density at radius 2 is 1.60 bits per heavy atom. The van der Waals surface area contributed by atoms with Crippen molar-refractivity contribution < 1.29 is 19.2 Å². The van der Waals surface area contributed by atoms with Gasteiger partial charge >= 0.3 is 0 Å². The molecular formula is C22H20ClN3O4. The molecule has 7 nitrogen and oxygen atoms in total. The zero-order chi connectivity index (χ0) is 21.3. The maximum atomic E-state index is 12.7. The summed E-state index contributed by atoms with van der Waals surface area (Å²) in [5.41, 5.74) is 1.15. The van der Waals surface area contributed by atoms with E-state index in [1.807, 2.05) is 0 Å². The third-order valence-electron chi connectivity index (χ3n) is 5.44. The molecule has 8 heteroatoms. The molecule has 0 saturated carbocycles. The first-order valence-corrected chi connectivity index (χ1v) is 10.1. The maximum Gasteiger partial charge on any atom is 0.262 e. The lowest BCUT2D eigenvalue weighted by molar-refractivity contribution is -0.132. The highest BCUT2D eigenvalue weighted by Gasteiger charge is 2.37. The summed E-state index contributed by atoms with van der Waals surface area (Å²) >= 11 is 5.93. The van der Waals surface area contributed by atoms with Gasteiger partial charge in [-0.1, -0.05) is 29.8 Å². The van der Waals surface area contributed by atoms with Crippen molar-refractivity contribution in [1.82, 2.24) is 15.1 Å². The monoisotopic (exact) mass is 425 g/mol. The van der Waals surface area contributed by atoms with E-state index in [0.717, 1.165) is 4.90 Å². The minimum absolute atomic E-state index is 0.0557. The fourth-order valence-electron chi connectivity index (χ4n) is 3.79. The van der Waals surface area contributed by atoms with Crippen LogP contribution in [0.15, 0.2) is 48.5 Å². The predicted octanol–water partition coefficient (Wildman–Crippen LogP) is 2.36. The van der Waals surface area contributed by atoms with Crippen LogP contribution in [0.1, 0.15) is 43.9 Å². The molecule has 0 aliphatic carbocycles. The Kier molecular flexibility index (Phi) is 5.55. The van der Waals surface area contributed by atoms with E-state index in [9.17, 15) is 19.2 Å². The Bertz CT molecular complexity index is 996. The van der Waals surface area contributed by atoms with Crippen LogP contribution in [-0.2, 0) is 4.79 Å². The van der Waals surface area contributed by atoms with Gasteiger partial charge in [-0.25, -0.2) is 0 Å². The summed E-state index contributed by atoms with van der Waals surface area (Å²) in [7, 11) is 0. The van der Waals surface area contributed by atoms with Gasteiger partial charge in [0.05, 0.1) is 11.1 Å². The first kappa shape index (κ1) is 20.1. The largest absolute Gasteiger partial charge is 0.349 e. The zero-order valence-corrected chi connectivity index (χ0v) is 16.9. The van der Waals surface area contributed by atoms with Gasteiger partial charge in [-0.2, -0.15) is 0 Å². The van der Waals surface area contributed by atoms with Gasteiger partial charge in [0.2, 0.25) is 5.91 Å². The molecule has 0 radical (unpaired) electrons. The number of fused-ring (bicyclic) bond motifs is 1. The molecule has 2 aliphatic heterocycles. The Labute approximate surface area is 178 Å². The van der Waals surface area contributed by atoms with E-state index in [0.29, 0.717) is 47.6 Å². The summed E-state index contributed by atoms with van der Waals surface area (Å²) in [6, 6.07) is 13.2. The number of halogens is 1. The van der Waals surface area contributed by atoms with Crippen molar-refractivity contribution in [1.29, 1.82) is 0 Å². The van der Waals surface area contributed by atoms with Gasteiger partial charge in [0.25, 0.3) is 17.7 Å². The summed E-state index contributed by atoms with van der Waals surface area (Å²) < 4.78 is 0. The molecule has 0 aromatic heterocycles. The normalized spacial score (nSPS) is 16.6. The highest BCUT2D eigenvalue weighted by molar-refractivity contribution is 6.31. The SMILES string of the molecule is O=C(NC1CCN(C(=O)CN2C(=O)c3ccccc3C2=O)CC1)c1cccc(Cl)c1. The molecule has 1 N–H and O–H groups in total. The van der Waals surface area contributed by atoms with Crippen LogP contribution in [0, 0.1) is 0 Å². The minimum Gasteiger partial charge on any atom is -0.349 e. The Hall–Kier alpha value is -3.19. The van der Waals surface area contributed by atoms with E-state index in [2.05, 4.69) is 5.32 Å². The van der Waals surface area contributed by atoms with Crippen molar-refractivity contribution in [2.75, 3.05) is 19.6 Å². The first-order valence-electron chi connectivity index (χ1n) is 9.73. The Balaban J connectivity index is 1.30. The van der Waals surface area contributed by atoms with Crippen molar-refractivity contribution in [2.45, 2.75) is 18.9 Å². The third-order valence-corrected chi connectivity index (χ3v) is 5.68. The van der Waals surface area contributed by atoms with Crippen LogP contribution in [0.2, 0.25) is 5.02 Å². The van der Waals surface area contributed by atoms with Gasteiger partial charge < -0.3 is 10.2 Å². The number of hydrogen-bond donors (Lipinski definition) is 1. The molecule has 30 heavy (non-hydrogen) atoms. The quantitative estimate of drug-likeness (QED) is 0.762. The molecule has 4 rings (SSSR count). The predicted molar refractivity (Wildman–Crippen MR) is 110 cm³/mol. The van der Waals surface area contributed by atoms with E-state index in [1.54, 1.807) is 53.4 Å². The van der Waals surface area contributed by atoms with Crippen molar-refractivity contribution >= 4 is 35.2 Å². The van der Waals surface area contributed by atoms with E-state index in [4.69, 9.17) is 11.6 Å². The highest BCUT2D eigenvalue weighted by Crippen LogP contribution is 2.23. The number of rotatable bonds is 4. The number of amides is 4. The topological polar surface area (TPSA) is 86.8 Å². The second-order valence-electron chi connectivity index (χ2n) is 7.38. The fraction of sp³-hybridized carbons (Fsp3) is 0.273. The molecule has 0 unspecified atom stereocenters. The molecule has 1 fully saturated rings. The molecule has 0 spiro atoms. The molecule has 0 atom stereocenters. The van der Waals surface area contributed by atoms with Crippen molar-refractivity contribution in [2.24, 2.45) is 0 Å². The van der Waals surface area contributed by atoms with Crippen LogP contribution in [0.25, 0.3) is 0 Å². The second-order valence-corrected chi connectivity index (χ2v) is 7.82. The standard InChI is InChI=1S/C22H20ClN3O4/c23-15-5-3-4-14(12-15)20(28)24-16-8-10-25(11-9-16)19(27)13-26-21(29)17-6-1-2-7-18(17)22(26)30/h1-7,12,16H,8-11,13H2,(H,24,28). The smallest absolute Gasteiger partial charge is 0.262 e. The average Bonchev–Trinajstić information content (AvgIpc) is 2.99. The van der Waals surface area contributed by atoms with Crippen LogP contribution >= 0.6 is 11.6 Å². The molecule has 0 bridgehead atoms. The number of carbonyl (C=O) groups excluding carboxylic acids is 4. The van der Waals surface area contributed by atoms with Crippen molar-refractivity contribution in [3.63, 3.8) is 0 Å². The summed E-state index contributed by atoms with van der Waals surface area (Å²) in [5.74, 6) is -1.35. The number of piperidine rings is 1. The molecule has 4 amide bonds. The molecule has 154 valence electrons. The molecule has 2 aromatic carbocycles. The van der Waals surface area contributed by atoms with Crippen LogP contribution in [0.5, 0.6) is 0 Å². The van der Waals surface area contributed by atoms with Crippen LogP contribution < -0.4 is 5.32 Å². The summed E-state index contributed by atoms with van der Waals surface area (Å²) in [6.07, 6.45) is 1.19. The van der Waals surface area contributed by atoms with Crippen molar-refractivity contribution in [3.05, 3.63) is 70.2 Å². The van der Waals surface area contributed by atoms with Gasteiger partial charge in [0.1, 0.15) is 6.54 Å². The molecule has 2 aliphatic rings. The summed E-state index contributed by atoms with van der Waals surface area (Å²) in [5, 5.41) is 3.46. The Morgan fingerprint density at radius 3 is 2.20 bits per heavy atom. The van der Waals surface area contributed by atoms with Gasteiger partial charge in [-0.05, 0) is 43.2 Å². The highest BCUT2D eigenvalue weighted by atomic mass is 35.5. The first-order chi connectivity index (χ1) is 14.4. The lowest BCUT2D eigenvalue weighted by atomic mass is 10.0. The van der Waals surface area contributed by atoms with Crippen molar-refractivity contribution in [3.8, 4) is 0 Å². The number of imide groups is 1. The number of carbonyl (C=O) groups is 4. The Morgan fingerprint density at radius 1 is 0.967 bits per heavy atom. The zero-order valence-electron chi connectivity index (χ0n) is 16.1. The second kappa shape index (κ2) is 8.28. The lowest BCUT2D eigenvalue weighted by Gasteiger charge is -2.33. The number of likely N-dealkylation sites (tertiary alicyclic amines) is 1. The molecule has 2 heterocycles. The van der Waals surface area contributed by atoms with E-state index in [1.165, 1.54) is 0 Å². The molecular weight excluding hydrogens is 406 g/mol. The van der Waals surface area contributed by atoms with Gasteiger partial charge in [-0.15, -0.1) is 0 Å². The molecule has 2 aromatic rings. The van der Waals surface area contributed by atoms with Crippen LogP contribution in [-0.4, -0.2) is 59.1 Å². The minimum atomic E-state index is -0.437. The molecule has 1 saturated heterocycles. The number of hydrogen-bond acceptors (Lipinski definition) is 4. The van der Waals surface area contributed by atoms with E-state index < -0.39 is 11.8 Å². The van der Waals surface area contributed by atoms with E-state index >= 15 is 0 Å². The lowest BCUT2D eigenvalue weighted by Crippen LogP contribution is -2.49. The third kappa shape index (κ3) is 3.93. The summed E-state index contributed by atoms with van der Waals surface area (Å²) in [4.78, 5) is 52.5. The number of nitrogens with one attached hydrogen (secondary N) is 1. The van der Waals surface area contributed by atoms with Crippen LogP contribution in [0.4, 0.5) is 0 Å². The average molecular weight is 426 g/mol. The maximum absolute atomic E-state index is 12.7. The van der Waals surface area contributed by atoms with Crippen LogP contribution in [0.3, 0.4) is 0 Å². The number of nitrogens with zero attached hydrogens (tertiary/aromatic N) is 2. The van der Waals surface area contributed by atoms with Gasteiger partial charge in [-0.3, -0.25) is 24.1 Å². The fourth-order valence-corrected chi connectivity index (χ4v) is 3.98. The number of benzene rings is 2.